The minimum atomic E-state index is 0.0569. The second-order valence-electron chi connectivity index (χ2n) is 5.00. The Bertz CT molecular complexity index is 580. The highest BCUT2D eigenvalue weighted by Crippen LogP contribution is 2.33. The summed E-state index contributed by atoms with van der Waals surface area (Å²) < 4.78 is 0. The summed E-state index contributed by atoms with van der Waals surface area (Å²) in [6.45, 7) is 7.12. The number of hydrogen-bond acceptors (Lipinski definition) is 2. The molecule has 0 saturated carbocycles. The van der Waals surface area contributed by atoms with Gasteiger partial charge < -0.3 is 10.0 Å². The van der Waals surface area contributed by atoms with E-state index in [0.717, 1.165) is 17.8 Å². The second-order valence-corrected chi connectivity index (χ2v) is 5.44. The Hall–Kier alpha value is -1.67. The normalized spacial score (nSPS) is 12.2. The van der Waals surface area contributed by atoms with Crippen LogP contribution in [0.2, 0.25) is 5.02 Å². The number of phenols is 1. The van der Waals surface area contributed by atoms with E-state index in [2.05, 4.69) is 49.9 Å². The largest absolute Gasteiger partial charge is 0.508 e. The van der Waals surface area contributed by atoms with Gasteiger partial charge in [-0.05, 0) is 51.1 Å². The minimum absolute atomic E-state index is 0.0569. The molecule has 1 unspecified atom stereocenters. The zero-order valence-corrected chi connectivity index (χ0v) is 12.9. The number of aromatic hydroxyl groups is 1. The first-order valence-corrected chi connectivity index (χ1v) is 7.22. The van der Waals surface area contributed by atoms with Crippen LogP contribution < -0.4 is 4.90 Å². The monoisotopic (exact) mass is 289 g/mol. The average Bonchev–Trinajstić information content (AvgIpc) is 2.44. The Morgan fingerprint density at radius 2 is 1.80 bits per heavy atom. The Kier molecular flexibility index (Phi) is 4.56. The van der Waals surface area contributed by atoms with Crippen molar-refractivity contribution in [2.24, 2.45) is 0 Å². The summed E-state index contributed by atoms with van der Waals surface area (Å²) in [5.74, 6) is 0.285. The fourth-order valence-corrected chi connectivity index (χ4v) is 2.62. The number of anilines is 1. The molecule has 0 spiro atoms. The molecule has 0 amide bonds. The van der Waals surface area contributed by atoms with Crippen LogP contribution in [-0.2, 0) is 0 Å². The van der Waals surface area contributed by atoms with Gasteiger partial charge in [0.25, 0.3) is 0 Å². The van der Waals surface area contributed by atoms with Crippen molar-refractivity contribution in [1.29, 1.82) is 0 Å². The van der Waals surface area contributed by atoms with Gasteiger partial charge in [0, 0.05) is 22.8 Å². The van der Waals surface area contributed by atoms with Crippen molar-refractivity contribution < 1.29 is 5.11 Å². The van der Waals surface area contributed by atoms with Crippen molar-refractivity contribution >= 4 is 17.3 Å². The third-order valence-corrected chi connectivity index (χ3v) is 3.85. The maximum absolute atomic E-state index is 10.1. The van der Waals surface area contributed by atoms with Crippen molar-refractivity contribution in [2.75, 3.05) is 11.4 Å². The summed E-state index contributed by atoms with van der Waals surface area (Å²) in [5, 5.41) is 10.7. The van der Waals surface area contributed by atoms with Gasteiger partial charge in [-0.25, -0.2) is 0 Å². The Balaban J connectivity index is 2.35. The smallest absolute Gasteiger partial charge is 0.120 e. The van der Waals surface area contributed by atoms with E-state index in [9.17, 15) is 5.11 Å². The summed E-state index contributed by atoms with van der Waals surface area (Å²) in [7, 11) is 0. The number of benzene rings is 2. The number of nitrogens with zero attached hydrogens (tertiary/aromatic N) is 1. The van der Waals surface area contributed by atoms with E-state index >= 15 is 0 Å². The maximum Gasteiger partial charge on any atom is 0.120 e. The van der Waals surface area contributed by atoms with Gasteiger partial charge in [0.05, 0.1) is 6.04 Å². The van der Waals surface area contributed by atoms with E-state index in [-0.39, 0.29) is 11.8 Å². The van der Waals surface area contributed by atoms with Gasteiger partial charge in [0.15, 0.2) is 0 Å². The number of hydrogen-bond donors (Lipinski definition) is 1. The van der Waals surface area contributed by atoms with Crippen molar-refractivity contribution in [2.45, 2.75) is 26.8 Å². The quantitative estimate of drug-likeness (QED) is 0.861. The van der Waals surface area contributed by atoms with E-state index in [1.165, 1.54) is 5.56 Å². The summed E-state index contributed by atoms with van der Waals surface area (Å²) in [6.07, 6.45) is 0. The van der Waals surface area contributed by atoms with Crippen LogP contribution in [0.15, 0.2) is 42.5 Å². The summed E-state index contributed by atoms with van der Waals surface area (Å²) in [6, 6.07) is 13.7. The third-order valence-electron chi connectivity index (χ3n) is 3.61. The summed E-state index contributed by atoms with van der Waals surface area (Å²) >= 11 is 6.05. The molecule has 0 aliphatic rings. The van der Waals surface area contributed by atoms with E-state index in [1.807, 2.05) is 6.07 Å². The van der Waals surface area contributed by atoms with E-state index in [0.29, 0.717) is 5.02 Å². The van der Waals surface area contributed by atoms with Crippen LogP contribution in [0, 0.1) is 6.92 Å². The van der Waals surface area contributed by atoms with E-state index < -0.39 is 0 Å². The van der Waals surface area contributed by atoms with Gasteiger partial charge in [-0.1, -0.05) is 29.3 Å². The number of phenolic OH excluding ortho intramolecular Hbond substituents is 1. The van der Waals surface area contributed by atoms with Gasteiger partial charge in [-0.15, -0.1) is 0 Å². The molecule has 0 bridgehead atoms. The van der Waals surface area contributed by atoms with E-state index in [4.69, 9.17) is 11.6 Å². The number of rotatable bonds is 4. The molecule has 1 N–H and O–H groups in total. The summed E-state index contributed by atoms with van der Waals surface area (Å²) in [4.78, 5) is 2.24. The highest BCUT2D eigenvalue weighted by molar-refractivity contribution is 6.30. The van der Waals surface area contributed by atoms with Gasteiger partial charge in [0.2, 0.25) is 0 Å². The lowest BCUT2D eigenvalue weighted by molar-refractivity contribution is 0.461. The highest BCUT2D eigenvalue weighted by atomic mass is 35.5. The van der Waals surface area contributed by atoms with E-state index in [1.54, 1.807) is 12.1 Å². The van der Waals surface area contributed by atoms with Crippen LogP contribution in [-0.4, -0.2) is 11.7 Å². The summed E-state index contributed by atoms with van der Waals surface area (Å²) in [5.41, 5.74) is 3.23. The van der Waals surface area contributed by atoms with Crippen LogP contribution >= 0.6 is 11.6 Å². The first-order chi connectivity index (χ1) is 9.52. The van der Waals surface area contributed by atoms with Crippen LogP contribution in [0.25, 0.3) is 0 Å². The minimum Gasteiger partial charge on any atom is -0.508 e. The Labute approximate surface area is 125 Å². The Morgan fingerprint density at radius 3 is 2.40 bits per heavy atom. The van der Waals surface area contributed by atoms with Crippen molar-refractivity contribution in [3.63, 3.8) is 0 Å². The molecule has 0 saturated heterocycles. The SMILES string of the molecule is CCN(c1ccc(C)cc1)C(C)c1cc(Cl)ccc1O. The van der Waals surface area contributed by atoms with Gasteiger partial charge in [-0.2, -0.15) is 0 Å². The standard InChI is InChI=1S/C17H20ClNO/c1-4-19(15-8-5-12(2)6-9-15)13(3)16-11-14(18)7-10-17(16)20/h5-11,13,20H,4H2,1-3H3. The first kappa shape index (κ1) is 14.7. The van der Waals surface area contributed by atoms with Gasteiger partial charge in [-0.3, -0.25) is 0 Å². The third kappa shape index (κ3) is 3.07. The lowest BCUT2D eigenvalue weighted by Gasteiger charge is -2.31. The molecule has 106 valence electrons. The number of halogens is 1. The molecule has 2 aromatic carbocycles. The lowest BCUT2D eigenvalue weighted by Crippen LogP contribution is -2.26. The molecule has 0 aromatic heterocycles. The fraction of sp³-hybridized carbons (Fsp3) is 0.294. The molecule has 0 radical (unpaired) electrons. The van der Waals surface area contributed by atoms with Crippen molar-refractivity contribution in [3.05, 3.63) is 58.6 Å². The molecule has 0 aliphatic carbocycles. The predicted octanol–water partition coefficient (Wildman–Crippen LogP) is 4.94. The molecule has 0 fully saturated rings. The molecule has 2 nitrogen and oxygen atoms in total. The van der Waals surface area contributed by atoms with Crippen molar-refractivity contribution in [1.82, 2.24) is 0 Å². The van der Waals surface area contributed by atoms with Crippen LogP contribution in [0.3, 0.4) is 0 Å². The topological polar surface area (TPSA) is 23.5 Å². The van der Waals surface area contributed by atoms with Crippen LogP contribution in [0.4, 0.5) is 5.69 Å². The molecular formula is C17H20ClNO. The lowest BCUT2D eigenvalue weighted by atomic mass is 10.0. The van der Waals surface area contributed by atoms with Crippen LogP contribution in [0.1, 0.15) is 31.0 Å². The molecule has 20 heavy (non-hydrogen) atoms. The molecule has 3 heteroatoms. The highest BCUT2D eigenvalue weighted by Gasteiger charge is 2.18. The molecule has 0 heterocycles. The fourth-order valence-electron chi connectivity index (χ4n) is 2.44. The maximum atomic E-state index is 10.1. The zero-order chi connectivity index (χ0) is 14.7. The number of aryl methyl sites for hydroxylation is 1. The average molecular weight is 290 g/mol. The zero-order valence-electron chi connectivity index (χ0n) is 12.1. The Morgan fingerprint density at radius 1 is 1.15 bits per heavy atom. The van der Waals surface area contributed by atoms with Crippen LogP contribution in [0.5, 0.6) is 5.75 Å². The van der Waals surface area contributed by atoms with Crippen molar-refractivity contribution in [3.8, 4) is 5.75 Å². The first-order valence-electron chi connectivity index (χ1n) is 6.84. The molecule has 2 aromatic rings. The predicted molar refractivity (Wildman–Crippen MR) is 85.7 cm³/mol. The van der Waals surface area contributed by atoms with Gasteiger partial charge >= 0.3 is 0 Å². The second kappa shape index (κ2) is 6.19. The molecule has 0 aliphatic heterocycles. The van der Waals surface area contributed by atoms with Gasteiger partial charge in [0.1, 0.15) is 5.75 Å². The molecular weight excluding hydrogens is 270 g/mol. The molecule has 2 rings (SSSR count). The molecule has 1 atom stereocenters.